The lowest BCUT2D eigenvalue weighted by Gasteiger charge is -2.34. The summed E-state index contributed by atoms with van der Waals surface area (Å²) in [5, 5.41) is 6.40. The van der Waals surface area contributed by atoms with Crippen LogP contribution in [0.5, 0.6) is 0 Å². The van der Waals surface area contributed by atoms with Crippen molar-refractivity contribution in [2.75, 3.05) is 38.0 Å². The molecule has 2 amide bonds. The molecular formula is C18H21FN4O3. The van der Waals surface area contributed by atoms with Gasteiger partial charge in [-0.1, -0.05) is 11.2 Å². The van der Waals surface area contributed by atoms with Crippen molar-refractivity contribution in [3.63, 3.8) is 0 Å². The van der Waals surface area contributed by atoms with Crippen molar-refractivity contribution in [1.82, 2.24) is 15.0 Å². The Balaban J connectivity index is 1.49. The van der Waals surface area contributed by atoms with Gasteiger partial charge < -0.3 is 14.7 Å². The zero-order valence-electron chi connectivity index (χ0n) is 14.8. The Hall–Kier alpha value is -2.74. The molecule has 2 heterocycles. The number of hydrogen-bond acceptors (Lipinski definition) is 5. The Morgan fingerprint density at radius 2 is 1.92 bits per heavy atom. The molecule has 0 spiro atoms. The molecule has 1 aliphatic heterocycles. The van der Waals surface area contributed by atoms with E-state index in [0.717, 1.165) is 0 Å². The maximum absolute atomic E-state index is 13.7. The molecule has 8 heteroatoms. The highest BCUT2D eigenvalue weighted by molar-refractivity contribution is 5.94. The molecule has 7 nitrogen and oxygen atoms in total. The number of halogens is 1. The largest absolute Gasteiger partial charge is 0.360 e. The van der Waals surface area contributed by atoms with Gasteiger partial charge in [-0.05, 0) is 31.5 Å². The van der Waals surface area contributed by atoms with Gasteiger partial charge in [0, 0.05) is 37.8 Å². The topological polar surface area (TPSA) is 78.7 Å². The smallest absolute Gasteiger partial charge is 0.254 e. The summed E-state index contributed by atoms with van der Waals surface area (Å²) in [5.74, 6) is 0.265. The van der Waals surface area contributed by atoms with E-state index in [1.54, 1.807) is 36.9 Å². The molecule has 26 heavy (non-hydrogen) atoms. The summed E-state index contributed by atoms with van der Waals surface area (Å²) >= 11 is 0. The first kappa shape index (κ1) is 18.1. The van der Waals surface area contributed by atoms with E-state index in [9.17, 15) is 14.0 Å². The van der Waals surface area contributed by atoms with Crippen molar-refractivity contribution in [3.8, 4) is 0 Å². The number of nitrogens with zero attached hydrogens (tertiary/aromatic N) is 3. The first-order valence-corrected chi connectivity index (χ1v) is 8.43. The minimum Gasteiger partial charge on any atom is -0.360 e. The fraction of sp³-hybridized carbons (Fsp3) is 0.389. The molecule has 0 unspecified atom stereocenters. The normalized spacial score (nSPS) is 15.1. The molecule has 0 radical (unpaired) electrons. The van der Waals surface area contributed by atoms with Crippen LogP contribution >= 0.6 is 0 Å². The average Bonchev–Trinajstić information content (AvgIpc) is 3.02. The second-order valence-electron chi connectivity index (χ2n) is 6.40. The van der Waals surface area contributed by atoms with Gasteiger partial charge in [0.05, 0.1) is 6.54 Å². The molecule has 0 atom stereocenters. The van der Waals surface area contributed by atoms with Gasteiger partial charge in [0.1, 0.15) is 11.6 Å². The summed E-state index contributed by atoms with van der Waals surface area (Å²) in [6, 6.07) is 6.17. The monoisotopic (exact) mass is 360 g/mol. The number of hydrogen-bond donors (Lipinski definition) is 1. The van der Waals surface area contributed by atoms with E-state index < -0.39 is 0 Å². The highest BCUT2D eigenvalue weighted by Crippen LogP contribution is 2.13. The number of rotatable bonds is 4. The minimum atomic E-state index is -0.380. The number of aryl methyl sites for hydroxylation is 2. The third-order valence-corrected chi connectivity index (χ3v) is 4.34. The minimum absolute atomic E-state index is 0.182. The number of amides is 2. The molecule has 1 aromatic carbocycles. The maximum atomic E-state index is 13.7. The van der Waals surface area contributed by atoms with Gasteiger partial charge in [0.15, 0.2) is 5.82 Å². The number of nitrogens with one attached hydrogen (secondary N) is 1. The lowest BCUT2D eigenvalue weighted by Crippen LogP contribution is -2.50. The van der Waals surface area contributed by atoms with Crippen LogP contribution < -0.4 is 5.32 Å². The van der Waals surface area contributed by atoms with Crippen molar-refractivity contribution in [2.45, 2.75) is 13.8 Å². The van der Waals surface area contributed by atoms with E-state index in [2.05, 4.69) is 10.5 Å². The third-order valence-electron chi connectivity index (χ3n) is 4.34. The van der Waals surface area contributed by atoms with Gasteiger partial charge >= 0.3 is 0 Å². The number of carbonyl (C=O) groups is 2. The molecule has 0 saturated carbocycles. The molecule has 1 saturated heterocycles. The lowest BCUT2D eigenvalue weighted by atomic mass is 10.1. The van der Waals surface area contributed by atoms with Crippen LogP contribution in [0.2, 0.25) is 0 Å². The number of piperazine rings is 1. The van der Waals surface area contributed by atoms with E-state index in [1.807, 2.05) is 4.90 Å². The van der Waals surface area contributed by atoms with Gasteiger partial charge in [-0.15, -0.1) is 0 Å². The lowest BCUT2D eigenvalue weighted by molar-refractivity contribution is -0.117. The Morgan fingerprint density at radius 3 is 2.54 bits per heavy atom. The van der Waals surface area contributed by atoms with Crippen molar-refractivity contribution < 1.29 is 18.5 Å². The van der Waals surface area contributed by atoms with E-state index in [1.165, 1.54) is 6.07 Å². The van der Waals surface area contributed by atoms with Crippen LogP contribution in [0.1, 0.15) is 21.7 Å². The molecule has 0 bridgehead atoms. The second kappa shape index (κ2) is 7.65. The standard InChI is InChI=1S/C18H21FN4O3/c1-12-3-4-14(10-15(12)19)18(25)23-7-5-22(6-8-23)11-17(24)20-16-9-13(2)26-21-16/h3-4,9-10H,5-8,11H2,1-2H3,(H,20,21,24). The zero-order valence-corrected chi connectivity index (χ0v) is 14.8. The highest BCUT2D eigenvalue weighted by Gasteiger charge is 2.24. The molecule has 1 aromatic heterocycles. The molecule has 0 aliphatic carbocycles. The van der Waals surface area contributed by atoms with Gasteiger partial charge in [-0.3, -0.25) is 14.5 Å². The third kappa shape index (κ3) is 4.26. The summed E-state index contributed by atoms with van der Waals surface area (Å²) in [5.41, 5.74) is 0.861. The van der Waals surface area contributed by atoms with Gasteiger partial charge in [-0.25, -0.2) is 4.39 Å². The number of aromatic nitrogens is 1. The van der Waals surface area contributed by atoms with Crippen molar-refractivity contribution in [1.29, 1.82) is 0 Å². The van der Waals surface area contributed by atoms with Crippen molar-refractivity contribution in [3.05, 3.63) is 47.0 Å². The predicted octanol–water partition coefficient (Wildman–Crippen LogP) is 1.83. The summed E-state index contributed by atoms with van der Waals surface area (Å²) in [6.45, 7) is 5.76. The molecule has 1 N–H and O–H groups in total. The fourth-order valence-electron chi connectivity index (χ4n) is 2.83. The van der Waals surface area contributed by atoms with Crippen LogP contribution in [-0.4, -0.2) is 59.5 Å². The Morgan fingerprint density at radius 1 is 1.19 bits per heavy atom. The first-order chi connectivity index (χ1) is 12.4. The summed E-state index contributed by atoms with van der Waals surface area (Å²) in [6.07, 6.45) is 0. The Labute approximate surface area is 150 Å². The Kier molecular flexibility index (Phi) is 5.32. The van der Waals surface area contributed by atoms with Gasteiger partial charge in [-0.2, -0.15) is 0 Å². The Bertz CT molecular complexity index is 813. The molecular weight excluding hydrogens is 339 g/mol. The maximum Gasteiger partial charge on any atom is 0.254 e. The van der Waals surface area contributed by atoms with Crippen LogP contribution in [0.25, 0.3) is 0 Å². The van der Waals surface area contributed by atoms with Crippen LogP contribution in [0.15, 0.2) is 28.8 Å². The van der Waals surface area contributed by atoms with Crippen LogP contribution in [0.4, 0.5) is 10.2 Å². The first-order valence-electron chi connectivity index (χ1n) is 8.43. The molecule has 1 fully saturated rings. The summed E-state index contributed by atoms with van der Waals surface area (Å²) < 4.78 is 18.6. The van der Waals surface area contributed by atoms with E-state index in [0.29, 0.717) is 48.9 Å². The van der Waals surface area contributed by atoms with E-state index in [-0.39, 0.29) is 24.2 Å². The fourth-order valence-corrected chi connectivity index (χ4v) is 2.83. The van der Waals surface area contributed by atoms with Crippen molar-refractivity contribution in [2.24, 2.45) is 0 Å². The molecule has 138 valence electrons. The van der Waals surface area contributed by atoms with E-state index in [4.69, 9.17) is 4.52 Å². The summed E-state index contributed by atoms with van der Waals surface area (Å²) in [7, 11) is 0. The number of anilines is 1. The number of carbonyl (C=O) groups excluding carboxylic acids is 2. The van der Waals surface area contributed by atoms with Crippen LogP contribution in [-0.2, 0) is 4.79 Å². The van der Waals surface area contributed by atoms with Crippen LogP contribution in [0.3, 0.4) is 0 Å². The molecule has 1 aliphatic rings. The zero-order chi connectivity index (χ0) is 18.7. The predicted molar refractivity (Wildman–Crippen MR) is 93.4 cm³/mol. The van der Waals surface area contributed by atoms with Gasteiger partial charge in [0.2, 0.25) is 5.91 Å². The molecule has 3 rings (SSSR count). The van der Waals surface area contributed by atoms with E-state index >= 15 is 0 Å². The van der Waals surface area contributed by atoms with Crippen molar-refractivity contribution >= 4 is 17.6 Å². The number of benzene rings is 1. The SMILES string of the molecule is Cc1cc(NC(=O)CN2CCN(C(=O)c3ccc(C)c(F)c3)CC2)no1. The average molecular weight is 360 g/mol. The quantitative estimate of drug-likeness (QED) is 0.900. The van der Waals surface area contributed by atoms with Crippen LogP contribution in [0, 0.1) is 19.7 Å². The highest BCUT2D eigenvalue weighted by atomic mass is 19.1. The molecule has 2 aromatic rings. The second-order valence-corrected chi connectivity index (χ2v) is 6.40. The summed E-state index contributed by atoms with van der Waals surface area (Å²) in [4.78, 5) is 28.2. The van der Waals surface area contributed by atoms with Gasteiger partial charge in [0.25, 0.3) is 5.91 Å².